The number of benzene rings is 3. The zero-order chi connectivity index (χ0) is 26.2. The summed E-state index contributed by atoms with van der Waals surface area (Å²) in [6.07, 6.45) is 3.56. The lowest BCUT2D eigenvalue weighted by atomic mass is 9.97. The summed E-state index contributed by atoms with van der Waals surface area (Å²) in [5.41, 5.74) is 2.45. The lowest BCUT2D eigenvalue weighted by Gasteiger charge is -2.45. The lowest BCUT2D eigenvalue weighted by molar-refractivity contribution is -0.121. The van der Waals surface area contributed by atoms with Gasteiger partial charge in [-0.2, -0.15) is 0 Å². The summed E-state index contributed by atoms with van der Waals surface area (Å²) in [5, 5.41) is 0.587. The van der Waals surface area contributed by atoms with E-state index in [9.17, 15) is 4.79 Å². The predicted molar refractivity (Wildman–Crippen MR) is 148 cm³/mol. The number of rotatable bonds is 9. The number of nitrogens with zero attached hydrogens (tertiary/aromatic N) is 3. The third-order valence-corrected chi connectivity index (χ3v) is 7.56. The van der Waals surface area contributed by atoms with Crippen LogP contribution in [-0.4, -0.2) is 44.5 Å². The van der Waals surface area contributed by atoms with Gasteiger partial charge < -0.3 is 9.47 Å². The SMILES string of the molecule is CC1CC(N(Cc2ccccc2)Cc2ccccc2)C(OC(=O)c2ccccc2)C(Sc2ncccn2)O1. The molecule has 4 atom stereocenters. The number of hydrogen-bond donors (Lipinski definition) is 0. The van der Waals surface area contributed by atoms with Crippen LogP contribution in [0.4, 0.5) is 0 Å². The zero-order valence-electron chi connectivity index (χ0n) is 21.3. The molecule has 194 valence electrons. The molecule has 2 heterocycles. The average Bonchev–Trinajstić information content (AvgIpc) is 2.96. The highest BCUT2D eigenvalue weighted by Crippen LogP contribution is 2.36. The highest BCUT2D eigenvalue weighted by Gasteiger charge is 2.44. The number of ether oxygens (including phenoxy) is 2. The lowest BCUT2D eigenvalue weighted by Crippen LogP contribution is -2.55. The number of thioether (sulfide) groups is 1. The highest BCUT2D eigenvalue weighted by atomic mass is 32.2. The first-order valence-corrected chi connectivity index (χ1v) is 13.7. The van der Waals surface area contributed by atoms with Crippen molar-refractivity contribution in [1.29, 1.82) is 0 Å². The molecule has 5 rings (SSSR count). The Bertz CT molecular complexity index is 1240. The van der Waals surface area contributed by atoms with Crippen molar-refractivity contribution in [2.24, 2.45) is 0 Å². The molecule has 0 bridgehead atoms. The van der Waals surface area contributed by atoms with Gasteiger partial charge in [-0.1, -0.05) is 90.6 Å². The van der Waals surface area contributed by atoms with Crippen LogP contribution in [0, 0.1) is 0 Å². The zero-order valence-corrected chi connectivity index (χ0v) is 22.1. The minimum Gasteiger partial charge on any atom is -0.453 e. The Kier molecular flexibility index (Phi) is 8.81. The molecule has 0 aliphatic carbocycles. The normalized spacial score (nSPS) is 21.2. The van der Waals surface area contributed by atoms with Crippen molar-refractivity contribution >= 4 is 17.7 Å². The number of carbonyl (C=O) groups excluding carboxylic acids is 1. The first-order chi connectivity index (χ1) is 18.7. The van der Waals surface area contributed by atoms with Gasteiger partial charge in [0, 0.05) is 25.5 Å². The van der Waals surface area contributed by atoms with Crippen molar-refractivity contribution in [2.45, 2.75) is 55.3 Å². The Morgan fingerprint density at radius 2 is 1.42 bits per heavy atom. The molecule has 1 aliphatic heterocycles. The van der Waals surface area contributed by atoms with Crippen molar-refractivity contribution in [3.05, 3.63) is 126 Å². The Labute approximate surface area is 228 Å². The second-order valence-electron chi connectivity index (χ2n) is 9.38. The van der Waals surface area contributed by atoms with Gasteiger partial charge >= 0.3 is 5.97 Å². The molecule has 0 radical (unpaired) electrons. The molecule has 0 N–H and O–H groups in total. The number of esters is 1. The van der Waals surface area contributed by atoms with Gasteiger partial charge in [0.15, 0.2) is 11.3 Å². The van der Waals surface area contributed by atoms with E-state index in [4.69, 9.17) is 9.47 Å². The Morgan fingerprint density at radius 1 is 0.868 bits per heavy atom. The Hall–Kier alpha value is -3.52. The molecule has 3 aromatic carbocycles. The van der Waals surface area contributed by atoms with Crippen molar-refractivity contribution in [1.82, 2.24) is 14.9 Å². The summed E-state index contributed by atoms with van der Waals surface area (Å²) in [6, 6.07) is 31.6. The molecule has 1 aromatic heterocycles. The summed E-state index contributed by atoms with van der Waals surface area (Å²) in [7, 11) is 0. The number of carbonyl (C=O) groups is 1. The van der Waals surface area contributed by atoms with Gasteiger partial charge in [0.25, 0.3) is 0 Å². The van der Waals surface area contributed by atoms with E-state index in [1.165, 1.54) is 22.9 Å². The molecule has 4 aromatic rings. The summed E-state index contributed by atoms with van der Waals surface area (Å²) >= 11 is 1.40. The van der Waals surface area contributed by atoms with Crippen LogP contribution in [0.2, 0.25) is 0 Å². The van der Waals surface area contributed by atoms with Gasteiger partial charge in [0.05, 0.1) is 17.7 Å². The van der Waals surface area contributed by atoms with Crippen LogP contribution in [0.5, 0.6) is 0 Å². The molecule has 0 saturated carbocycles. The molecule has 38 heavy (non-hydrogen) atoms. The molecular weight excluding hydrogens is 494 g/mol. The van der Waals surface area contributed by atoms with Crippen LogP contribution >= 0.6 is 11.8 Å². The van der Waals surface area contributed by atoms with E-state index in [1.807, 2.05) is 30.3 Å². The van der Waals surface area contributed by atoms with Gasteiger partial charge in [-0.25, -0.2) is 14.8 Å². The minimum atomic E-state index is -0.542. The molecule has 1 aliphatic rings. The number of hydrogen-bond acceptors (Lipinski definition) is 7. The van der Waals surface area contributed by atoms with Crippen molar-refractivity contribution in [3.63, 3.8) is 0 Å². The van der Waals surface area contributed by atoms with E-state index in [-0.39, 0.29) is 18.1 Å². The topological polar surface area (TPSA) is 64.5 Å². The first-order valence-electron chi connectivity index (χ1n) is 12.8. The van der Waals surface area contributed by atoms with E-state index < -0.39 is 11.5 Å². The molecule has 4 unspecified atom stereocenters. The van der Waals surface area contributed by atoms with Crippen molar-refractivity contribution in [3.8, 4) is 0 Å². The predicted octanol–water partition coefficient (Wildman–Crippen LogP) is 6.00. The average molecular weight is 526 g/mol. The summed E-state index contributed by atoms with van der Waals surface area (Å²) in [5.74, 6) is -0.363. The van der Waals surface area contributed by atoms with Gasteiger partial charge in [-0.05, 0) is 42.7 Å². The highest BCUT2D eigenvalue weighted by molar-refractivity contribution is 7.99. The minimum absolute atomic E-state index is 0.0399. The third-order valence-electron chi connectivity index (χ3n) is 6.53. The molecule has 7 heteroatoms. The van der Waals surface area contributed by atoms with Gasteiger partial charge in [0.2, 0.25) is 0 Å². The van der Waals surface area contributed by atoms with E-state index in [0.29, 0.717) is 23.8 Å². The molecule has 1 saturated heterocycles. The van der Waals surface area contributed by atoms with E-state index >= 15 is 0 Å². The summed E-state index contributed by atoms with van der Waals surface area (Å²) < 4.78 is 12.7. The molecule has 0 amide bonds. The second kappa shape index (κ2) is 12.8. The van der Waals surface area contributed by atoms with Crippen LogP contribution in [-0.2, 0) is 22.6 Å². The Morgan fingerprint density at radius 3 is 2.00 bits per heavy atom. The van der Waals surface area contributed by atoms with Crippen LogP contribution in [0.1, 0.15) is 34.8 Å². The molecule has 1 fully saturated rings. The second-order valence-corrected chi connectivity index (χ2v) is 10.4. The van der Waals surface area contributed by atoms with Crippen LogP contribution < -0.4 is 0 Å². The molecule has 6 nitrogen and oxygen atoms in total. The van der Waals surface area contributed by atoms with E-state index in [1.54, 1.807) is 30.6 Å². The smallest absolute Gasteiger partial charge is 0.338 e. The quantitative estimate of drug-likeness (QED) is 0.196. The maximum atomic E-state index is 13.3. The first kappa shape index (κ1) is 26.1. The maximum absolute atomic E-state index is 13.3. The standard InChI is InChI=1S/C31H31N3O3S/c1-23-20-27(34(21-24-12-5-2-6-13-24)22-25-14-7-3-8-15-25)28(37-29(35)26-16-9-4-10-17-26)30(36-23)38-31-32-18-11-19-33-31/h2-19,23,27-28,30H,20-22H2,1H3. The van der Waals surface area contributed by atoms with Crippen molar-refractivity contribution < 1.29 is 14.3 Å². The fraction of sp³-hybridized carbons (Fsp3) is 0.258. The van der Waals surface area contributed by atoms with Crippen molar-refractivity contribution in [2.75, 3.05) is 0 Å². The molecular formula is C31H31N3O3S. The monoisotopic (exact) mass is 525 g/mol. The number of aromatic nitrogens is 2. The van der Waals surface area contributed by atoms with Crippen LogP contribution in [0.25, 0.3) is 0 Å². The van der Waals surface area contributed by atoms with Gasteiger partial charge in [-0.15, -0.1) is 0 Å². The van der Waals surface area contributed by atoms with Crippen LogP contribution in [0.15, 0.2) is 115 Å². The summed E-state index contributed by atoms with van der Waals surface area (Å²) in [4.78, 5) is 24.5. The van der Waals surface area contributed by atoms with Gasteiger partial charge in [0.1, 0.15) is 5.44 Å². The fourth-order valence-electron chi connectivity index (χ4n) is 4.75. The van der Waals surface area contributed by atoms with E-state index in [2.05, 4.69) is 70.3 Å². The fourth-order valence-corrected chi connectivity index (χ4v) is 5.81. The largest absolute Gasteiger partial charge is 0.453 e. The summed E-state index contributed by atoms with van der Waals surface area (Å²) in [6.45, 7) is 3.50. The van der Waals surface area contributed by atoms with Gasteiger partial charge in [-0.3, -0.25) is 4.90 Å². The third kappa shape index (κ3) is 6.86. The maximum Gasteiger partial charge on any atom is 0.338 e. The Balaban J connectivity index is 1.49. The molecule has 0 spiro atoms. The van der Waals surface area contributed by atoms with E-state index in [0.717, 1.165) is 6.42 Å². The van der Waals surface area contributed by atoms with Crippen LogP contribution in [0.3, 0.4) is 0 Å².